The van der Waals surface area contributed by atoms with Crippen molar-refractivity contribution in [2.45, 2.75) is 13.5 Å². The van der Waals surface area contributed by atoms with Gasteiger partial charge in [-0.25, -0.2) is 4.79 Å². The second-order valence-electron chi connectivity index (χ2n) is 3.00. The predicted octanol–water partition coefficient (Wildman–Crippen LogP) is 0.479. The van der Waals surface area contributed by atoms with E-state index in [0.717, 1.165) is 0 Å². The summed E-state index contributed by atoms with van der Waals surface area (Å²) in [5.74, 6) is -0.955. The van der Waals surface area contributed by atoms with Crippen LogP contribution in [0.3, 0.4) is 0 Å². The molecule has 0 aliphatic heterocycles. The summed E-state index contributed by atoms with van der Waals surface area (Å²) in [5, 5.41) is 8.48. The Morgan fingerprint density at radius 2 is 2.07 bits per heavy atom. The van der Waals surface area contributed by atoms with E-state index in [1.54, 1.807) is 14.0 Å². The molecule has 0 spiro atoms. The fourth-order valence-corrected chi connectivity index (χ4v) is 1.05. The molecule has 0 saturated heterocycles. The molecule has 1 heterocycles. The number of hydrogen-bond acceptors (Lipinski definition) is 5. The lowest BCUT2D eigenvalue weighted by Crippen LogP contribution is -2.25. The maximum Gasteiger partial charge on any atom is 0.519 e. The lowest BCUT2D eigenvalue weighted by molar-refractivity contribution is -0.138. The Morgan fingerprint density at radius 1 is 1.47 bits per heavy atom. The van der Waals surface area contributed by atoms with Crippen LogP contribution in [-0.2, 0) is 11.3 Å². The average molecular weight is 238 g/mol. The van der Waals surface area contributed by atoms with Crippen molar-refractivity contribution in [1.82, 2.24) is 4.90 Å². The third kappa shape index (κ3) is 4.18. The third-order valence-electron chi connectivity index (χ3n) is 1.65. The highest BCUT2D eigenvalue weighted by molar-refractivity contribution is 5.85. The summed E-state index contributed by atoms with van der Waals surface area (Å²) in [5.41, 5.74) is 0. The van der Waals surface area contributed by atoms with Crippen LogP contribution < -0.4 is 5.82 Å². The standard InChI is InChI=1S/C8H11NO5.ClH/c1-5-6(14-8(12)13-5)3-9(2)4-7(10)11;/h3-4H2,1-2H3,(H,10,11);1H. The van der Waals surface area contributed by atoms with Gasteiger partial charge in [-0.1, -0.05) is 0 Å². The molecule has 0 aromatic carbocycles. The summed E-state index contributed by atoms with van der Waals surface area (Å²) < 4.78 is 9.33. The van der Waals surface area contributed by atoms with E-state index in [0.29, 0.717) is 11.5 Å². The van der Waals surface area contributed by atoms with Gasteiger partial charge in [-0.2, -0.15) is 0 Å². The molecule has 0 amide bonds. The van der Waals surface area contributed by atoms with Crippen molar-refractivity contribution in [2.24, 2.45) is 0 Å². The quantitative estimate of drug-likeness (QED) is 0.820. The molecule has 0 radical (unpaired) electrons. The van der Waals surface area contributed by atoms with E-state index in [4.69, 9.17) is 9.52 Å². The Balaban J connectivity index is 0.00000196. The van der Waals surface area contributed by atoms with Gasteiger partial charge in [0.1, 0.15) is 5.76 Å². The Bertz CT molecular complexity index is 383. The van der Waals surface area contributed by atoms with Crippen molar-refractivity contribution in [3.05, 3.63) is 22.1 Å². The molecule has 0 atom stereocenters. The van der Waals surface area contributed by atoms with Crippen LogP contribution in [0.4, 0.5) is 0 Å². The van der Waals surface area contributed by atoms with Gasteiger partial charge in [0.15, 0.2) is 5.76 Å². The molecule has 1 N–H and O–H groups in total. The molecule has 1 aromatic rings. The van der Waals surface area contributed by atoms with Crippen LogP contribution in [0, 0.1) is 6.92 Å². The zero-order valence-corrected chi connectivity index (χ0v) is 9.17. The molecule has 0 unspecified atom stereocenters. The lowest BCUT2D eigenvalue weighted by Gasteiger charge is -2.10. The van der Waals surface area contributed by atoms with E-state index >= 15 is 0 Å². The van der Waals surface area contributed by atoms with Gasteiger partial charge in [0.2, 0.25) is 0 Å². The molecule has 15 heavy (non-hydrogen) atoms. The molecule has 0 fully saturated rings. The normalized spacial score (nSPS) is 10.1. The number of carbonyl (C=O) groups is 1. The summed E-state index contributed by atoms with van der Waals surface area (Å²) in [6, 6.07) is 0. The molecule has 1 rings (SSSR count). The largest absolute Gasteiger partial charge is 0.519 e. The van der Waals surface area contributed by atoms with Crippen LogP contribution in [0.25, 0.3) is 0 Å². The molecule has 0 aliphatic carbocycles. The van der Waals surface area contributed by atoms with Crippen LogP contribution in [0.1, 0.15) is 11.5 Å². The molecular weight excluding hydrogens is 226 g/mol. The number of halogens is 1. The Morgan fingerprint density at radius 3 is 2.47 bits per heavy atom. The van der Waals surface area contributed by atoms with Crippen LogP contribution in [-0.4, -0.2) is 29.6 Å². The number of carboxylic acid groups (broad SMARTS) is 1. The van der Waals surface area contributed by atoms with Crippen molar-refractivity contribution >= 4 is 18.4 Å². The average Bonchev–Trinajstić information content (AvgIpc) is 2.28. The van der Waals surface area contributed by atoms with Crippen molar-refractivity contribution in [3.8, 4) is 0 Å². The van der Waals surface area contributed by atoms with Gasteiger partial charge < -0.3 is 13.9 Å². The van der Waals surface area contributed by atoms with Gasteiger partial charge in [0.25, 0.3) is 0 Å². The minimum atomic E-state index is -0.934. The topological polar surface area (TPSA) is 83.9 Å². The first-order valence-corrected chi connectivity index (χ1v) is 3.99. The third-order valence-corrected chi connectivity index (χ3v) is 1.65. The maximum atomic E-state index is 10.6. The van der Waals surface area contributed by atoms with Gasteiger partial charge in [0, 0.05) is 0 Å². The minimum absolute atomic E-state index is 0. The fraction of sp³-hybridized carbons (Fsp3) is 0.500. The SMILES string of the molecule is Cc1oc(=O)oc1CN(C)CC(=O)O.Cl. The summed E-state index contributed by atoms with van der Waals surface area (Å²) in [7, 11) is 1.61. The number of likely N-dealkylation sites (N-methyl/N-ethyl adjacent to an activating group) is 1. The molecule has 7 heteroatoms. The molecule has 0 aliphatic rings. The van der Waals surface area contributed by atoms with Crippen LogP contribution in [0.15, 0.2) is 13.6 Å². The highest BCUT2D eigenvalue weighted by Crippen LogP contribution is 2.07. The Kier molecular flexibility index (Phi) is 5.10. The minimum Gasteiger partial charge on any atom is -0.480 e. The fourth-order valence-electron chi connectivity index (χ4n) is 1.05. The first kappa shape index (κ1) is 13.7. The molecule has 0 bridgehead atoms. The lowest BCUT2D eigenvalue weighted by atomic mass is 10.3. The number of rotatable bonds is 4. The van der Waals surface area contributed by atoms with Gasteiger partial charge in [-0.15, -0.1) is 12.4 Å². The summed E-state index contributed by atoms with van der Waals surface area (Å²) in [6.07, 6.45) is 0. The zero-order valence-electron chi connectivity index (χ0n) is 8.35. The van der Waals surface area contributed by atoms with Crippen LogP contribution in [0.5, 0.6) is 0 Å². The van der Waals surface area contributed by atoms with E-state index in [1.807, 2.05) is 0 Å². The Labute approximate surface area is 91.9 Å². The van der Waals surface area contributed by atoms with E-state index in [2.05, 4.69) is 4.42 Å². The molecule has 1 aromatic heterocycles. The first-order valence-electron chi connectivity index (χ1n) is 3.99. The monoisotopic (exact) mass is 237 g/mol. The maximum absolute atomic E-state index is 10.6. The number of aryl methyl sites for hydroxylation is 1. The number of nitrogens with zero attached hydrogens (tertiary/aromatic N) is 1. The van der Waals surface area contributed by atoms with Crippen LogP contribution >= 0.6 is 12.4 Å². The first-order chi connectivity index (χ1) is 6.49. The van der Waals surface area contributed by atoms with Gasteiger partial charge in [-0.3, -0.25) is 9.69 Å². The van der Waals surface area contributed by atoms with Gasteiger partial charge >= 0.3 is 11.8 Å². The van der Waals surface area contributed by atoms with E-state index in [1.165, 1.54) is 4.90 Å². The van der Waals surface area contributed by atoms with Crippen molar-refractivity contribution < 1.29 is 18.7 Å². The number of aliphatic carboxylic acids is 1. The second-order valence-corrected chi connectivity index (χ2v) is 3.00. The molecule has 6 nitrogen and oxygen atoms in total. The zero-order chi connectivity index (χ0) is 10.7. The summed E-state index contributed by atoms with van der Waals surface area (Å²) >= 11 is 0. The van der Waals surface area contributed by atoms with Gasteiger partial charge in [0.05, 0.1) is 13.1 Å². The number of hydrogen-bond donors (Lipinski definition) is 1. The van der Waals surface area contributed by atoms with Crippen molar-refractivity contribution in [1.29, 1.82) is 0 Å². The summed E-state index contributed by atoms with van der Waals surface area (Å²) in [6.45, 7) is 1.72. The molecule has 86 valence electrons. The highest BCUT2D eigenvalue weighted by atomic mass is 35.5. The van der Waals surface area contributed by atoms with E-state index in [-0.39, 0.29) is 25.5 Å². The van der Waals surface area contributed by atoms with E-state index < -0.39 is 11.8 Å². The predicted molar refractivity (Wildman–Crippen MR) is 53.2 cm³/mol. The molecular formula is C8H12ClNO5. The van der Waals surface area contributed by atoms with Crippen molar-refractivity contribution in [2.75, 3.05) is 13.6 Å². The number of carboxylic acids is 1. The summed E-state index contributed by atoms with van der Waals surface area (Å²) in [4.78, 5) is 22.5. The highest BCUT2D eigenvalue weighted by Gasteiger charge is 2.12. The second kappa shape index (κ2) is 5.57. The smallest absolute Gasteiger partial charge is 0.480 e. The Hall–Kier alpha value is -1.27. The van der Waals surface area contributed by atoms with Gasteiger partial charge in [-0.05, 0) is 14.0 Å². The van der Waals surface area contributed by atoms with Crippen molar-refractivity contribution in [3.63, 3.8) is 0 Å². The molecule has 0 saturated carbocycles. The van der Waals surface area contributed by atoms with E-state index in [9.17, 15) is 9.59 Å². The van der Waals surface area contributed by atoms with Crippen LogP contribution in [0.2, 0.25) is 0 Å².